The zero-order chi connectivity index (χ0) is 14.0. The quantitative estimate of drug-likeness (QED) is 0.740. The summed E-state index contributed by atoms with van der Waals surface area (Å²) in [5.74, 6) is -0.914. The van der Waals surface area contributed by atoms with Crippen molar-refractivity contribution in [2.45, 2.75) is 12.7 Å². The highest BCUT2D eigenvalue weighted by Gasteiger charge is 2.31. The third-order valence-corrected chi connectivity index (χ3v) is 4.35. The van der Waals surface area contributed by atoms with Gasteiger partial charge in [0.05, 0.1) is 17.8 Å². The first-order valence-corrected chi connectivity index (χ1v) is 6.87. The Morgan fingerprint density at radius 2 is 1.95 bits per heavy atom. The van der Waals surface area contributed by atoms with Crippen molar-refractivity contribution in [3.63, 3.8) is 0 Å². The minimum Gasteiger partial charge on any atom is -0.378 e. The summed E-state index contributed by atoms with van der Waals surface area (Å²) in [5, 5.41) is 4.64. The summed E-state index contributed by atoms with van der Waals surface area (Å²) < 4.78 is 51.5. The van der Waals surface area contributed by atoms with Gasteiger partial charge >= 0.3 is 6.18 Å². The summed E-state index contributed by atoms with van der Waals surface area (Å²) in [7, 11) is 0. The second-order valence-corrected chi connectivity index (χ2v) is 5.59. The minimum absolute atomic E-state index is 0.0494. The van der Waals surface area contributed by atoms with Crippen LogP contribution in [0.5, 0.6) is 0 Å². The van der Waals surface area contributed by atoms with E-state index in [9.17, 15) is 17.6 Å². The van der Waals surface area contributed by atoms with Crippen LogP contribution in [0.3, 0.4) is 0 Å². The lowest BCUT2D eigenvalue weighted by Gasteiger charge is -2.10. The third kappa shape index (κ3) is 3.48. The topological polar surface area (TPSA) is 12.0 Å². The molecule has 1 nitrogen and oxygen atoms in total. The molecule has 0 fully saturated rings. The summed E-state index contributed by atoms with van der Waals surface area (Å²) in [4.78, 5) is 0.944. The Morgan fingerprint density at radius 1 is 1.21 bits per heavy atom. The zero-order valence-electron chi connectivity index (χ0n) is 9.39. The fourth-order valence-electron chi connectivity index (χ4n) is 1.46. The van der Waals surface area contributed by atoms with E-state index in [2.05, 4.69) is 21.2 Å². The third-order valence-electron chi connectivity index (χ3n) is 2.43. The lowest BCUT2D eigenvalue weighted by Crippen LogP contribution is -2.07. The number of anilines is 1. The van der Waals surface area contributed by atoms with Crippen LogP contribution in [0.25, 0.3) is 0 Å². The monoisotopic (exact) mass is 353 g/mol. The summed E-state index contributed by atoms with van der Waals surface area (Å²) in [5.41, 5.74) is -0.943. The number of hydrogen-bond donors (Lipinski definition) is 1. The number of halogens is 5. The van der Waals surface area contributed by atoms with Crippen LogP contribution >= 0.6 is 27.3 Å². The van der Waals surface area contributed by atoms with Gasteiger partial charge in [-0.3, -0.25) is 0 Å². The summed E-state index contributed by atoms with van der Waals surface area (Å²) in [6, 6.07) is 4.30. The zero-order valence-corrected chi connectivity index (χ0v) is 11.8. The smallest absolute Gasteiger partial charge is 0.378 e. The maximum atomic E-state index is 13.5. The van der Waals surface area contributed by atoms with E-state index in [-0.39, 0.29) is 5.69 Å². The summed E-state index contributed by atoms with van der Waals surface area (Å²) in [6.45, 7) is 0.348. The number of hydrogen-bond acceptors (Lipinski definition) is 2. The van der Waals surface area contributed by atoms with Crippen molar-refractivity contribution in [2.24, 2.45) is 0 Å². The molecule has 0 bridgehead atoms. The molecule has 0 aliphatic rings. The molecule has 0 unspecified atom stereocenters. The molecule has 1 aromatic carbocycles. The molecule has 2 rings (SSSR count). The average molecular weight is 354 g/mol. The van der Waals surface area contributed by atoms with E-state index in [1.807, 2.05) is 11.4 Å². The van der Waals surface area contributed by atoms with Gasteiger partial charge in [-0.15, -0.1) is 11.3 Å². The molecule has 1 aromatic heterocycles. The Hall–Kier alpha value is -1.08. The Labute approximate surface area is 119 Å². The first-order chi connectivity index (χ1) is 8.88. The van der Waals surface area contributed by atoms with Gasteiger partial charge < -0.3 is 5.32 Å². The summed E-state index contributed by atoms with van der Waals surface area (Å²) >= 11 is 4.79. The Kier molecular flexibility index (Phi) is 4.15. The fraction of sp³-hybridized carbons (Fsp3) is 0.167. The normalized spacial score (nSPS) is 11.6. The van der Waals surface area contributed by atoms with Gasteiger partial charge in [0.15, 0.2) is 0 Å². The Morgan fingerprint density at radius 3 is 2.47 bits per heavy atom. The molecule has 1 heterocycles. The van der Waals surface area contributed by atoms with Gasteiger partial charge in [0.25, 0.3) is 0 Å². The van der Waals surface area contributed by atoms with Crippen molar-refractivity contribution in [3.8, 4) is 0 Å². The molecule has 102 valence electrons. The van der Waals surface area contributed by atoms with Crippen LogP contribution in [0.1, 0.15) is 10.4 Å². The van der Waals surface area contributed by atoms with Crippen molar-refractivity contribution in [3.05, 3.63) is 50.4 Å². The van der Waals surface area contributed by atoms with Crippen LogP contribution in [-0.4, -0.2) is 0 Å². The van der Waals surface area contributed by atoms with Crippen LogP contribution in [0.4, 0.5) is 23.2 Å². The van der Waals surface area contributed by atoms with E-state index in [0.29, 0.717) is 12.6 Å². The van der Waals surface area contributed by atoms with E-state index < -0.39 is 17.6 Å². The van der Waals surface area contributed by atoms with Gasteiger partial charge in [-0.25, -0.2) is 4.39 Å². The number of alkyl halides is 3. The van der Waals surface area contributed by atoms with E-state index in [4.69, 9.17) is 0 Å². The van der Waals surface area contributed by atoms with Crippen LogP contribution < -0.4 is 5.32 Å². The lowest BCUT2D eigenvalue weighted by molar-refractivity contribution is -0.137. The molecule has 19 heavy (non-hydrogen) atoms. The first kappa shape index (κ1) is 14.3. The predicted octanol–water partition coefficient (Wildman–Crippen LogP) is 5.28. The molecule has 0 saturated heterocycles. The van der Waals surface area contributed by atoms with Gasteiger partial charge in [-0.1, -0.05) is 0 Å². The summed E-state index contributed by atoms with van der Waals surface area (Å²) in [6.07, 6.45) is -4.53. The largest absolute Gasteiger partial charge is 0.416 e. The van der Waals surface area contributed by atoms with Gasteiger partial charge in [-0.05, 0) is 45.6 Å². The highest BCUT2D eigenvalue weighted by atomic mass is 79.9. The number of benzene rings is 1. The van der Waals surface area contributed by atoms with E-state index in [0.717, 1.165) is 21.5 Å². The Bertz CT molecular complexity index is 579. The average Bonchev–Trinajstić information content (AvgIpc) is 2.72. The van der Waals surface area contributed by atoms with Crippen LogP contribution in [0, 0.1) is 5.82 Å². The second-order valence-electron chi connectivity index (χ2n) is 3.74. The standard InChI is InChI=1S/C12H8BrF4NS/c13-8-3-4-19-11(8)6-18-10-2-1-7(5-9(10)14)12(15,16)17/h1-5,18H,6H2. The molecule has 0 atom stereocenters. The van der Waals surface area contributed by atoms with Crippen LogP contribution in [0.2, 0.25) is 0 Å². The number of nitrogens with one attached hydrogen (secondary N) is 1. The fourth-order valence-corrected chi connectivity index (χ4v) is 2.89. The molecular formula is C12H8BrF4NS. The predicted molar refractivity (Wildman–Crippen MR) is 70.7 cm³/mol. The van der Waals surface area contributed by atoms with Gasteiger partial charge in [0, 0.05) is 9.35 Å². The highest BCUT2D eigenvalue weighted by Crippen LogP contribution is 2.31. The van der Waals surface area contributed by atoms with Gasteiger partial charge in [0.1, 0.15) is 5.82 Å². The molecule has 0 saturated carbocycles. The molecule has 0 aliphatic heterocycles. The van der Waals surface area contributed by atoms with E-state index in [1.54, 1.807) is 0 Å². The SMILES string of the molecule is Fc1cc(C(F)(F)F)ccc1NCc1sccc1Br. The van der Waals surface area contributed by atoms with Crippen molar-refractivity contribution < 1.29 is 17.6 Å². The number of rotatable bonds is 3. The van der Waals surface area contributed by atoms with Gasteiger partial charge in [0.2, 0.25) is 0 Å². The lowest BCUT2D eigenvalue weighted by atomic mass is 10.2. The Balaban J connectivity index is 2.12. The molecule has 0 radical (unpaired) electrons. The second kappa shape index (κ2) is 5.50. The molecule has 7 heteroatoms. The maximum Gasteiger partial charge on any atom is 0.416 e. The van der Waals surface area contributed by atoms with E-state index >= 15 is 0 Å². The maximum absolute atomic E-state index is 13.5. The number of thiophene rings is 1. The van der Waals surface area contributed by atoms with Crippen molar-refractivity contribution in [1.82, 2.24) is 0 Å². The van der Waals surface area contributed by atoms with Gasteiger partial charge in [-0.2, -0.15) is 13.2 Å². The van der Waals surface area contributed by atoms with Crippen LogP contribution in [0.15, 0.2) is 34.1 Å². The molecule has 0 aliphatic carbocycles. The first-order valence-electron chi connectivity index (χ1n) is 5.20. The minimum atomic E-state index is -4.53. The van der Waals surface area contributed by atoms with Crippen molar-refractivity contribution >= 4 is 33.0 Å². The van der Waals surface area contributed by atoms with Crippen LogP contribution in [-0.2, 0) is 12.7 Å². The molecule has 0 spiro atoms. The molecular weight excluding hydrogens is 346 g/mol. The van der Waals surface area contributed by atoms with E-state index in [1.165, 1.54) is 11.3 Å². The molecule has 0 amide bonds. The molecule has 2 aromatic rings. The highest BCUT2D eigenvalue weighted by molar-refractivity contribution is 9.10. The molecule has 1 N–H and O–H groups in total. The van der Waals surface area contributed by atoms with Crippen molar-refractivity contribution in [2.75, 3.05) is 5.32 Å². The van der Waals surface area contributed by atoms with Crippen molar-refractivity contribution in [1.29, 1.82) is 0 Å².